The normalized spacial score (nSPS) is 17.8. The summed E-state index contributed by atoms with van der Waals surface area (Å²) in [6.45, 7) is 0.687. The lowest BCUT2D eigenvalue weighted by molar-refractivity contribution is -0.137. The molecule has 0 aromatic carbocycles. The molecule has 1 atom stereocenters. The molecule has 2 aromatic heterocycles. The van der Waals surface area contributed by atoms with Gasteiger partial charge in [0.2, 0.25) is 5.88 Å². The molecule has 1 fully saturated rings. The second-order valence-electron chi connectivity index (χ2n) is 5.25. The highest BCUT2D eigenvalue weighted by Crippen LogP contribution is 2.31. The van der Waals surface area contributed by atoms with Gasteiger partial charge in [-0.25, -0.2) is 9.97 Å². The first-order valence-corrected chi connectivity index (χ1v) is 7.18. The smallest absolute Gasteiger partial charge is 0.416 e. The Bertz CT molecular complexity index is 724. The summed E-state index contributed by atoms with van der Waals surface area (Å²) in [6.07, 6.45) is 0.937. The van der Waals surface area contributed by atoms with Gasteiger partial charge in [0.15, 0.2) is 0 Å². The summed E-state index contributed by atoms with van der Waals surface area (Å²) in [7, 11) is 0. The van der Waals surface area contributed by atoms with Crippen molar-refractivity contribution in [2.45, 2.75) is 18.7 Å². The monoisotopic (exact) mass is 338 g/mol. The zero-order valence-corrected chi connectivity index (χ0v) is 12.4. The third-order valence-electron chi connectivity index (χ3n) is 3.56. The Morgan fingerprint density at radius 2 is 2.08 bits per heavy atom. The van der Waals surface area contributed by atoms with E-state index in [4.69, 9.17) is 4.74 Å². The molecule has 1 amide bonds. The molecule has 24 heavy (non-hydrogen) atoms. The van der Waals surface area contributed by atoms with Gasteiger partial charge in [-0.1, -0.05) is 0 Å². The Morgan fingerprint density at radius 1 is 1.25 bits per heavy atom. The predicted molar refractivity (Wildman–Crippen MR) is 76.2 cm³/mol. The number of carbonyl (C=O) groups is 1. The molecule has 0 spiro atoms. The number of rotatable bonds is 3. The number of ether oxygens (including phenoxy) is 1. The topological polar surface area (TPSA) is 68.2 Å². The number of amides is 1. The van der Waals surface area contributed by atoms with Crippen molar-refractivity contribution in [3.8, 4) is 5.88 Å². The first kappa shape index (κ1) is 16.2. The van der Waals surface area contributed by atoms with Crippen LogP contribution in [-0.4, -0.2) is 45.0 Å². The Labute approximate surface area is 135 Å². The molecule has 0 bridgehead atoms. The highest BCUT2D eigenvalue weighted by molar-refractivity contribution is 5.92. The second kappa shape index (κ2) is 6.42. The fourth-order valence-corrected chi connectivity index (χ4v) is 2.40. The molecule has 1 aliphatic heterocycles. The van der Waals surface area contributed by atoms with E-state index in [1.165, 1.54) is 23.5 Å². The molecule has 3 rings (SSSR count). The fraction of sp³-hybridized carbons (Fsp3) is 0.333. The van der Waals surface area contributed by atoms with Crippen LogP contribution in [-0.2, 0) is 6.18 Å². The van der Waals surface area contributed by atoms with Gasteiger partial charge in [0.25, 0.3) is 5.91 Å². The van der Waals surface area contributed by atoms with E-state index in [0.717, 1.165) is 18.3 Å². The molecule has 0 saturated carbocycles. The summed E-state index contributed by atoms with van der Waals surface area (Å²) in [4.78, 5) is 25.3. The van der Waals surface area contributed by atoms with Crippen LogP contribution >= 0.6 is 0 Å². The average Bonchev–Trinajstić information content (AvgIpc) is 3.03. The standard InChI is InChI=1S/C15H13F3N4O2/c16-15(17,18)10-1-3-21-13(7-10)24-11-2-6-22(9-11)14(23)12-8-19-4-5-20-12/h1,3-5,7-8,11H,2,6,9H2/t11-/m1/s1. The number of likely N-dealkylation sites (tertiary alicyclic amines) is 1. The summed E-state index contributed by atoms with van der Waals surface area (Å²) >= 11 is 0. The number of halogens is 3. The van der Waals surface area contributed by atoms with Crippen molar-refractivity contribution >= 4 is 5.91 Å². The van der Waals surface area contributed by atoms with Crippen molar-refractivity contribution in [1.29, 1.82) is 0 Å². The third kappa shape index (κ3) is 3.61. The lowest BCUT2D eigenvalue weighted by atomic mass is 10.2. The Balaban J connectivity index is 1.64. The fourth-order valence-electron chi connectivity index (χ4n) is 2.40. The molecule has 0 unspecified atom stereocenters. The van der Waals surface area contributed by atoms with Crippen molar-refractivity contribution < 1.29 is 22.7 Å². The van der Waals surface area contributed by atoms with Gasteiger partial charge < -0.3 is 9.64 Å². The maximum atomic E-state index is 12.7. The number of carbonyl (C=O) groups excluding carboxylic acids is 1. The molecule has 1 saturated heterocycles. The van der Waals surface area contributed by atoms with Crippen LogP contribution in [0.25, 0.3) is 0 Å². The summed E-state index contributed by atoms with van der Waals surface area (Å²) in [5.74, 6) is -0.394. The van der Waals surface area contributed by atoms with Crippen molar-refractivity contribution in [2.75, 3.05) is 13.1 Å². The van der Waals surface area contributed by atoms with Gasteiger partial charge in [-0.05, 0) is 6.07 Å². The number of hydrogen-bond acceptors (Lipinski definition) is 5. The van der Waals surface area contributed by atoms with Gasteiger partial charge in [-0.15, -0.1) is 0 Å². The predicted octanol–water partition coefficient (Wildman–Crippen LogP) is 2.18. The van der Waals surface area contributed by atoms with Crippen LogP contribution < -0.4 is 4.74 Å². The van der Waals surface area contributed by atoms with E-state index in [9.17, 15) is 18.0 Å². The number of pyridine rings is 1. The van der Waals surface area contributed by atoms with E-state index in [1.807, 2.05) is 0 Å². The Morgan fingerprint density at radius 3 is 2.79 bits per heavy atom. The van der Waals surface area contributed by atoms with Gasteiger partial charge in [0, 0.05) is 37.6 Å². The van der Waals surface area contributed by atoms with Crippen LogP contribution in [0.1, 0.15) is 22.5 Å². The molecule has 6 nitrogen and oxygen atoms in total. The molecule has 3 heterocycles. The molecular weight excluding hydrogens is 325 g/mol. The average molecular weight is 338 g/mol. The molecule has 2 aromatic rings. The highest BCUT2D eigenvalue weighted by Gasteiger charge is 2.32. The molecular formula is C15H13F3N4O2. The van der Waals surface area contributed by atoms with E-state index in [2.05, 4.69) is 15.0 Å². The molecule has 9 heteroatoms. The van der Waals surface area contributed by atoms with Gasteiger partial charge in [-0.2, -0.15) is 13.2 Å². The first-order valence-electron chi connectivity index (χ1n) is 7.18. The highest BCUT2D eigenvalue weighted by atomic mass is 19.4. The number of hydrogen-bond donors (Lipinski definition) is 0. The lowest BCUT2D eigenvalue weighted by Gasteiger charge is -2.16. The van der Waals surface area contributed by atoms with E-state index >= 15 is 0 Å². The molecule has 0 radical (unpaired) electrons. The maximum absolute atomic E-state index is 12.7. The summed E-state index contributed by atoms with van der Waals surface area (Å²) in [5.41, 5.74) is -0.603. The minimum Gasteiger partial charge on any atom is -0.472 e. The van der Waals surface area contributed by atoms with Crippen molar-refractivity contribution in [3.05, 3.63) is 48.2 Å². The number of aromatic nitrogens is 3. The van der Waals surface area contributed by atoms with Crippen LogP contribution in [0.5, 0.6) is 5.88 Å². The van der Waals surface area contributed by atoms with Crippen molar-refractivity contribution in [3.63, 3.8) is 0 Å². The van der Waals surface area contributed by atoms with Gasteiger partial charge in [0.1, 0.15) is 11.8 Å². The number of nitrogens with zero attached hydrogens (tertiary/aromatic N) is 4. The largest absolute Gasteiger partial charge is 0.472 e. The zero-order chi connectivity index (χ0) is 17.2. The summed E-state index contributed by atoms with van der Waals surface area (Å²) in [5, 5.41) is 0. The van der Waals surface area contributed by atoms with Crippen molar-refractivity contribution in [1.82, 2.24) is 19.9 Å². The van der Waals surface area contributed by atoms with E-state index in [0.29, 0.717) is 13.0 Å². The van der Waals surface area contributed by atoms with E-state index in [1.54, 1.807) is 0 Å². The summed E-state index contributed by atoms with van der Waals surface area (Å²) in [6, 6.07) is 1.73. The summed E-state index contributed by atoms with van der Waals surface area (Å²) < 4.78 is 43.6. The molecule has 0 aliphatic carbocycles. The Hall–Kier alpha value is -2.71. The SMILES string of the molecule is O=C(c1cnccn1)N1CC[C@@H](Oc2cc(C(F)(F)F)ccn2)C1. The van der Waals surface area contributed by atoms with Gasteiger partial charge in [-0.3, -0.25) is 9.78 Å². The lowest BCUT2D eigenvalue weighted by Crippen LogP contribution is -2.31. The quantitative estimate of drug-likeness (QED) is 0.858. The third-order valence-corrected chi connectivity index (χ3v) is 3.56. The van der Waals surface area contributed by atoms with E-state index in [-0.39, 0.29) is 24.0 Å². The van der Waals surface area contributed by atoms with Gasteiger partial charge in [0.05, 0.1) is 18.3 Å². The van der Waals surface area contributed by atoms with E-state index < -0.39 is 17.8 Å². The molecule has 126 valence electrons. The van der Waals surface area contributed by atoms with Crippen molar-refractivity contribution in [2.24, 2.45) is 0 Å². The minimum absolute atomic E-state index is 0.108. The van der Waals surface area contributed by atoms with Crippen LogP contribution in [0, 0.1) is 0 Å². The zero-order valence-electron chi connectivity index (χ0n) is 12.4. The maximum Gasteiger partial charge on any atom is 0.416 e. The van der Waals surface area contributed by atoms with Gasteiger partial charge >= 0.3 is 6.18 Å². The Kier molecular flexibility index (Phi) is 4.32. The second-order valence-corrected chi connectivity index (χ2v) is 5.25. The minimum atomic E-state index is -4.45. The first-order chi connectivity index (χ1) is 11.4. The van der Waals surface area contributed by atoms with Crippen LogP contribution in [0.2, 0.25) is 0 Å². The van der Waals surface area contributed by atoms with Crippen LogP contribution in [0.15, 0.2) is 36.9 Å². The molecule has 1 aliphatic rings. The van der Waals surface area contributed by atoms with Crippen LogP contribution in [0.3, 0.4) is 0 Å². The number of alkyl halides is 3. The van der Waals surface area contributed by atoms with Crippen LogP contribution in [0.4, 0.5) is 13.2 Å². The molecule has 0 N–H and O–H groups in total.